The van der Waals surface area contributed by atoms with Gasteiger partial charge in [0.15, 0.2) is 0 Å². The van der Waals surface area contributed by atoms with Crippen LogP contribution in [0, 0.1) is 0 Å². The second kappa shape index (κ2) is 5.23. The summed E-state index contributed by atoms with van der Waals surface area (Å²) in [4.78, 5) is 0. The van der Waals surface area contributed by atoms with Gasteiger partial charge < -0.3 is 10.8 Å². The molecule has 0 aliphatic heterocycles. The summed E-state index contributed by atoms with van der Waals surface area (Å²) in [5.41, 5.74) is 9.31. The van der Waals surface area contributed by atoms with Gasteiger partial charge >= 0.3 is 0 Å². The van der Waals surface area contributed by atoms with Crippen LogP contribution in [0.15, 0.2) is 48.5 Å². The standard InChI is InChI=1S/C16H19NO/c1-11(2)14-10-13(8-9-15(14)18)16(17)12-6-4-3-5-7-12/h3-11,16,18H,17H2,1-2H3. The number of aromatic hydroxyl groups is 1. The molecule has 2 rings (SSSR count). The topological polar surface area (TPSA) is 46.2 Å². The van der Waals surface area contributed by atoms with Crippen molar-refractivity contribution >= 4 is 0 Å². The smallest absolute Gasteiger partial charge is 0.119 e. The minimum absolute atomic E-state index is 0.149. The van der Waals surface area contributed by atoms with Gasteiger partial charge in [0, 0.05) is 0 Å². The first-order valence-corrected chi connectivity index (χ1v) is 6.23. The van der Waals surface area contributed by atoms with E-state index in [1.807, 2.05) is 42.5 Å². The van der Waals surface area contributed by atoms with Gasteiger partial charge in [-0.1, -0.05) is 50.2 Å². The average molecular weight is 241 g/mol. The first-order chi connectivity index (χ1) is 8.59. The lowest BCUT2D eigenvalue weighted by atomic mass is 9.94. The van der Waals surface area contributed by atoms with E-state index in [0.29, 0.717) is 5.75 Å². The normalized spacial score (nSPS) is 12.7. The molecule has 2 aromatic carbocycles. The SMILES string of the molecule is CC(C)c1cc(C(N)c2ccccc2)ccc1O. The highest BCUT2D eigenvalue weighted by molar-refractivity contribution is 5.41. The van der Waals surface area contributed by atoms with E-state index in [1.54, 1.807) is 6.07 Å². The molecule has 0 aromatic heterocycles. The summed E-state index contributed by atoms with van der Waals surface area (Å²) >= 11 is 0. The van der Waals surface area contributed by atoms with Crippen LogP contribution in [0.2, 0.25) is 0 Å². The summed E-state index contributed by atoms with van der Waals surface area (Å²) in [5, 5.41) is 9.82. The lowest BCUT2D eigenvalue weighted by molar-refractivity contribution is 0.464. The van der Waals surface area contributed by atoms with Crippen molar-refractivity contribution in [2.24, 2.45) is 5.73 Å². The zero-order chi connectivity index (χ0) is 13.1. The molecule has 0 aliphatic carbocycles. The number of hydrogen-bond donors (Lipinski definition) is 2. The van der Waals surface area contributed by atoms with Crippen LogP contribution in [-0.4, -0.2) is 5.11 Å². The molecule has 0 aliphatic rings. The maximum Gasteiger partial charge on any atom is 0.119 e. The number of nitrogens with two attached hydrogens (primary N) is 1. The van der Waals surface area contributed by atoms with Gasteiger partial charge in [0.25, 0.3) is 0 Å². The molecule has 1 unspecified atom stereocenters. The Labute approximate surface area is 108 Å². The van der Waals surface area contributed by atoms with Crippen molar-refractivity contribution in [1.29, 1.82) is 0 Å². The summed E-state index contributed by atoms with van der Waals surface area (Å²) in [6, 6.07) is 15.5. The second-order valence-electron chi connectivity index (χ2n) is 4.86. The van der Waals surface area contributed by atoms with Gasteiger partial charge in [0.1, 0.15) is 5.75 Å². The van der Waals surface area contributed by atoms with Crippen molar-refractivity contribution in [3.63, 3.8) is 0 Å². The lowest BCUT2D eigenvalue weighted by Crippen LogP contribution is -2.12. The van der Waals surface area contributed by atoms with Gasteiger partial charge in [-0.2, -0.15) is 0 Å². The van der Waals surface area contributed by atoms with Crippen molar-refractivity contribution in [1.82, 2.24) is 0 Å². The Bertz CT molecular complexity index is 520. The summed E-state index contributed by atoms with van der Waals surface area (Å²) < 4.78 is 0. The van der Waals surface area contributed by atoms with Crippen LogP contribution >= 0.6 is 0 Å². The molecule has 2 nitrogen and oxygen atoms in total. The van der Waals surface area contributed by atoms with Crippen molar-refractivity contribution in [2.75, 3.05) is 0 Å². The molecule has 0 radical (unpaired) electrons. The van der Waals surface area contributed by atoms with Crippen LogP contribution in [-0.2, 0) is 0 Å². The second-order valence-corrected chi connectivity index (χ2v) is 4.86. The summed E-state index contributed by atoms with van der Waals surface area (Å²) in [6.45, 7) is 4.12. The van der Waals surface area contributed by atoms with Gasteiger partial charge in [0.05, 0.1) is 6.04 Å². The fourth-order valence-corrected chi connectivity index (χ4v) is 2.08. The van der Waals surface area contributed by atoms with Gasteiger partial charge in [-0.3, -0.25) is 0 Å². The Kier molecular flexibility index (Phi) is 3.68. The zero-order valence-electron chi connectivity index (χ0n) is 10.8. The Morgan fingerprint density at radius 2 is 1.61 bits per heavy atom. The van der Waals surface area contributed by atoms with Crippen molar-refractivity contribution in [3.8, 4) is 5.75 Å². The van der Waals surface area contributed by atoms with Crippen LogP contribution in [0.4, 0.5) is 0 Å². The number of hydrogen-bond acceptors (Lipinski definition) is 2. The van der Waals surface area contributed by atoms with Crippen molar-refractivity contribution in [2.45, 2.75) is 25.8 Å². The Balaban J connectivity index is 2.37. The summed E-state index contributed by atoms with van der Waals surface area (Å²) in [5.74, 6) is 0.627. The molecule has 18 heavy (non-hydrogen) atoms. The highest BCUT2D eigenvalue weighted by Crippen LogP contribution is 2.29. The summed E-state index contributed by atoms with van der Waals surface area (Å²) in [7, 11) is 0. The van der Waals surface area contributed by atoms with Gasteiger partial charge in [-0.05, 0) is 34.7 Å². The average Bonchev–Trinajstić information content (AvgIpc) is 2.39. The van der Waals surface area contributed by atoms with Crippen molar-refractivity contribution < 1.29 is 5.11 Å². The fraction of sp³-hybridized carbons (Fsp3) is 0.250. The fourth-order valence-electron chi connectivity index (χ4n) is 2.08. The zero-order valence-corrected chi connectivity index (χ0v) is 10.8. The molecule has 94 valence electrons. The van der Waals surface area contributed by atoms with Gasteiger partial charge in [0.2, 0.25) is 0 Å². The predicted octanol–water partition coefficient (Wildman–Crippen LogP) is 3.56. The minimum Gasteiger partial charge on any atom is -0.508 e. The molecule has 0 fully saturated rings. The monoisotopic (exact) mass is 241 g/mol. The van der Waals surface area contributed by atoms with E-state index in [2.05, 4.69) is 13.8 Å². The van der Waals surface area contributed by atoms with E-state index in [4.69, 9.17) is 5.73 Å². The van der Waals surface area contributed by atoms with Gasteiger partial charge in [-0.15, -0.1) is 0 Å². The number of phenols is 1. The number of benzene rings is 2. The van der Waals surface area contributed by atoms with Crippen molar-refractivity contribution in [3.05, 3.63) is 65.2 Å². The largest absolute Gasteiger partial charge is 0.508 e. The maximum absolute atomic E-state index is 9.82. The Hall–Kier alpha value is -1.80. The van der Waals surface area contributed by atoms with E-state index < -0.39 is 0 Å². The lowest BCUT2D eigenvalue weighted by Gasteiger charge is -2.16. The molecule has 2 aromatic rings. The molecule has 0 amide bonds. The van der Waals surface area contributed by atoms with Crippen LogP contribution in [0.1, 0.15) is 42.5 Å². The van der Waals surface area contributed by atoms with Crippen LogP contribution < -0.4 is 5.73 Å². The van der Waals surface area contributed by atoms with E-state index >= 15 is 0 Å². The molecule has 0 spiro atoms. The third kappa shape index (κ3) is 2.54. The molecule has 2 heteroatoms. The third-order valence-electron chi connectivity index (χ3n) is 3.19. The van der Waals surface area contributed by atoms with E-state index in [-0.39, 0.29) is 12.0 Å². The van der Waals surface area contributed by atoms with Crippen LogP contribution in [0.5, 0.6) is 5.75 Å². The van der Waals surface area contributed by atoms with Crippen LogP contribution in [0.3, 0.4) is 0 Å². The number of rotatable bonds is 3. The van der Waals surface area contributed by atoms with E-state index in [0.717, 1.165) is 16.7 Å². The molecule has 1 atom stereocenters. The molecule has 0 saturated carbocycles. The quantitative estimate of drug-likeness (QED) is 0.863. The number of phenolic OH excluding ortho intramolecular Hbond substituents is 1. The third-order valence-corrected chi connectivity index (χ3v) is 3.19. The van der Waals surface area contributed by atoms with E-state index in [1.165, 1.54) is 0 Å². The molecule has 3 N–H and O–H groups in total. The van der Waals surface area contributed by atoms with Gasteiger partial charge in [-0.25, -0.2) is 0 Å². The highest BCUT2D eigenvalue weighted by atomic mass is 16.3. The molecule has 0 saturated heterocycles. The predicted molar refractivity (Wildman–Crippen MR) is 74.7 cm³/mol. The van der Waals surface area contributed by atoms with E-state index in [9.17, 15) is 5.11 Å². The molecule has 0 bridgehead atoms. The first kappa shape index (κ1) is 12.7. The molecular weight excluding hydrogens is 222 g/mol. The first-order valence-electron chi connectivity index (χ1n) is 6.23. The Morgan fingerprint density at radius 3 is 2.22 bits per heavy atom. The van der Waals surface area contributed by atoms with Crippen LogP contribution in [0.25, 0.3) is 0 Å². The molecule has 0 heterocycles. The minimum atomic E-state index is -0.149. The maximum atomic E-state index is 9.82. The Morgan fingerprint density at radius 1 is 0.944 bits per heavy atom. The highest BCUT2D eigenvalue weighted by Gasteiger charge is 2.12. The molecular formula is C16H19NO. The summed E-state index contributed by atoms with van der Waals surface area (Å²) in [6.07, 6.45) is 0.